The molecule has 0 amide bonds. The molecule has 1 aromatic carbocycles. The molecule has 1 saturated heterocycles. The van der Waals surface area contributed by atoms with Gasteiger partial charge in [0.2, 0.25) is 5.89 Å². The number of benzene rings is 1. The van der Waals surface area contributed by atoms with Gasteiger partial charge in [0.25, 0.3) is 0 Å². The first-order valence-electron chi connectivity index (χ1n) is 10.1. The second kappa shape index (κ2) is 8.12. The molecule has 154 valence electrons. The summed E-state index contributed by atoms with van der Waals surface area (Å²) in [5.41, 5.74) is 2.37. The van der Waals surface area contributed by atoms with Crippen molar-refractivity contribution in [1.82, 2.24) is 20.1 Å². The van der Waals surface area contributed by atoms with E-state index in [0.717, 1.165) is 53.7 Å². The second-order valence-electron chi connectivity index (χ2n) is 7.53. The third kappa shape index (κ3) is 3.57. The predicted molar refractivity (Wildman–Crippen MR) is 117 cm³/mol. The van der Waals surface area contributed by atoms with Crippen molar-refractivity contribution in [2.45, 2.75) is 32.3 Å². The van der Waals surface area contributed by atoms with Gasteiger partial charge in [-0.15, -0.1) is 11.3 Å². The molecule has 4 heterocycles. The van der Waals surface area contributed by atoms with Gasteiger partial charge in [0.05, 0.1) is 5.39 Å². The van der Waals surface area contributed by atoms with Gasteiger partial charge in [-0.25, -0.2) is 9.97 Å². The predicted octanol–water partition coefficient (Wildman–Crippen LogP) is 4.58. The lowest BCUT2D eigenvalue weighted by molar-refractivity contribution is 0.178. The molecule has 3 aromatic heterocycles. The summed E-state index contributed by atoms with van der Waals surface area (Å²) in [4.78, 5) is 17.5. The molecule has 8 heteroatoms. The van der Waals surface area contributed by atoms with Crippen molar-refractivity contribution in [2.24, 2.45) is 0 Å². The first-order valence-corrected chi connectivity index (χ1v) is 11.0. The van der Waals surface area contributed by atoms with Gasteiger partial charge in [0.15, 0.2) is 11.6 Å². The van der Waals surface area contributed by atoms with Crippen LogP contribution in [0.25, 0.3) is 21.3 Å². The highest BCUT2D eigenvalue weighted by Gasteiger charge is 2.28. The van der Waals surface area contributed by atoms with Crippen LogP contribution in [0.3, 0.4) is 0 Å². The maximum Gasteiger partial charge on any atom is 0.229 e. The minimum absolute atomic E-state index is 0.300. The Balaban J connectivity index is 1.51. The maximum atomic E-state index is 5.41. The summed E-state index contributed by atoms with van der Waals surface area (Å²) in [7, 11) is 1.68. The molecule has 1 aliphatic rings. The number of rotatable bonds is 5. The van der Waals surface area contributed by atoms with Gasteiger partial charge in [-0.2, -0.15) is 4.98 Å². The zero-order valence-corrected chi connectivity index (χ0v) is 17.9. The number of anilines is 1. The summed E-state index contributed by atoms with van der Waals surface area (Å²) in [6.45, 7) is 4.03. The standard InChI is InChI=1S/C22H23N5O2S/c1-14-23-21(29-26-14)16-8-10-27(11-9-16)20-19-17(15-6-4-3-5-7-15)13-30-22(19)25-18(24-20)12-28-2/h3-7,13,16H,8-12H2,1-2H3. The SMILES string of the molecule is COCc1nc(N2CCC(c3nc(C)no3)CC2)c2c(-c3ccccc3)csc2n1. The topological polar surface area (TPSA) is 77.2 Å². The van der Waals surface area contributed by atoms with Gasteiger partial charge in [0, 0.05) is 37.1 Å². The molecule has 0 atom stereocenters. The van der Waals surface area contributed by atoms with Crippen LogP contribution in [0.15, 0.2) is 40.2 Å². The Hall–Kier alpha value is -2.84. The van der Waals surface area contributed by atoms with Crippen LogP contribution in [-0.2, 0) is 11.3 Å². The highest BCUT2D eigenvalue weighted by atomic mass is 32.1. The average molecular weight is 422 g/mol. The molecule has 0 saturated carbocycles. The fourth-order valence-electron chi connectivity index (χ4n) is 4.04. The van der Waals surface area contributed by atoms with Crippen molar-refractivity contribution >= 4 is 27.4 Å². The van der Waals surface area contributed by atoms with Crippen LogP contribution in [0.5, 0.6) is 0 Å². The van der Waals surface area contributed by atoms with Crippen molar-refractivity contribution in [2.75, 3.05) is 25.1 Å². The minimum atomic E-state index is 0.300. The fourth-order valence-corrected chi connectivity index (χ4v) is 5.00. The van der Waals surface area contributed by atoms with Crippen molar-refractivity contribution in [3.63, 3.8) is 0 Å². The quantitative estimate of drug-likeness (QED) is 0.467. The minimum Gasteiger partial charge on any atom is -0.377 e. The largest absolute Gasteiger partial charge is 0.377 e. The van der Waals surface area contributed by atoms with Crippen molar-refractivity contribution in [3.05, 3.63) is 53.3 Å². The third-order valence-electron chi connectivity index (χ3n) is 5.51. The van der Waals surface area contributed by atoms with E-state index in [-0.39, 0.29) is 0 Å². The van der Waals surface area contributed by atoms with E-state index in [9.17, 15) is 0 Å². The Morgan fingerprint density at radius 3 is 2.63 bits per heavy atom. The van der Waals surface area contributed by atoms with E-state index in [1.165, 1.54) is 11.1 Å². The van der Waals surface area contributed by atoms with Crippen molar-refractivity contribution < 1.29 is 9.26 Å². The summed E-state index contributed by atoms with van der Waals surface area (Å²) < 4.78 is 10.7. The Morgan fingerprint density at radius 1 is 1.13 bits per heavy atom. The van der Waals surface area contributed by atoms with Crippen LogP contribution in [0.4, 0.5) is 5.82 Å². The van der Waals surface area contributed by atoms with Crippen LogP contribution >= 0.6 is 11.3 Å². The summed E-state index contributed by atoms with van der Waals surface area (Å²) in [5, 5.41) is 7.25. The third-order valence-corrected chi connectivity index (χ3v) is 6.38. The van der Waals surface area contributed by atoms with E-state index >= 15 is 0 Å². The molecule has 0 radical (unpaired) electrons. The fraction of sp³-hybridized carbons (Fsp3) is 0.364. The molecule has 7 nitrogen and oxygen atoms in total. The van der Waals surface area contributed by atoms with Crippen LogP contribution in [0, 0.1) is 6.92 Å². The maximum absolute atomic E-state index is 5.41. The molecule has 4 aromatic rings. The Kier molecular flexibility index (Phi) is 5.18. The molecule has 0 spiro atoms. The lowest BCUT2D eigenvalue weighted by Gasteiger charge is -2.32. The Bertz CT molecular complexity index is 1150. The molecular formula is C22H23N5O2S. The molecule has 0 aliphatic carbocycles. The molecule has 1 aliphatic heterocycles. The number of hydrogen-bond donors (Lipinski definition) is 0. The van der Waals surface area contributed by atoms with E-state index in [2.05, 4.69) is 44.7 Å². The van der Waals surface area contributed by atoms with Gasteiger partial charge >= 0.3 is 0 Å². The number of hydrogen-bond acceptors (Lipinski definition) is 8. The van der Waals surface area contributed by atoms with E-state index in [1.807, 2.05) is 13.0 Å². The number of fused-ring (bicyclic) bond motifs is 1. The summed E-state index contributed by atoms with van der Waals surface area (Å²) >= 11 is 1.66. The molecule has 0 bridgehead atoms. The molecule has 0 unspecified atom stereocenters. The molecule has 0 N–H and O–H groups in total. The number of nitrogens with zero attached hydrogens (tertiary/aromatic N) is 5. The molecular weight excluding hydrogens is 398 g/mol. The van der Waals surface area contributed by atoms with Crippen LogP contribution in [0.1, 0.15) is 36.3 Å². The average Bonchev–Trinajstić information content (AvgIpc) is 3.41. The Morgan fingerprint density at radius 2 is 1.93 bits per heavy atom. The molecule has 5 rings (SSSR count). The summed E-state index contributed by atoms with van der Waals surface area (Å²) in [6, 6.07) is 10.4. The molecule has 30 heavy (non-hydrogen) atoms. The normalized spacial score (nSPS) is 15.2. The van der Waals surface area contributed by atoms with E-state index in [1.54, 1.807) is 18.4 Å². The summed E-state index contributed by atoms with van der Waals surface area (Å²) in [5.74, 6) is 3.46. The van der Waals surface area contributed by atoms with E-state index in [4.69, 9.17) is 19.2 Å². The van der Waals surface area contributed by atoms with Gasteiger partial charge < -0.3 is 14.2 Å². The van der Waals surface area contributed by atoms with Gasteiger partial charge in [-0.3, -0.25) is 0 Å². The Labute approximate surface area is 178 Å². The van der Waals surface area contributed by atoms with Gasteiger partial charge in [0.1, 0.15) is 17.3 Å². The highest BCUT2D eigenvalue weighted by molar-refractivity contribution is 7.17. The first-order chi connectivity index (χ1) is 14.7. The van der Waals surface area contributed by atoms with Crippen LogP contribution in [0.2, 0.25) is 0 Å². The number of aryl methyl sites for hydroxylation is 1. The van der Waals surface area contributed by atoms with Gasteiger partial charge in [-0.1, -0.05) is 35.5 Å². The molecule has 1 fully saturated rings. The zero-order valence-electron chi connectivity index (χ0n) is 17.0. The lowest BCUT2D eigenvalue weighted by atomic mass is 9.96. The monoisotopic (exact) mass is 421 g/mol. The first kappa shape index (κ1) is 19.1. The summed E-state index contributed by atoms with van der Waals surface area (Å²) in [6.07, 6.45) is 1.91. The van der Waals surface area contributed by atoms with E-state index < -0.39 is 0 Å². The van der Waals surface area contributed by atoms with E-state index in [0.29, 0.717) is 18.3 Å². The highest BCUT2D eigenvalue weighted by Crippen LogP contribution is 2.40. The van der Waals surface area contributed by atoms with Crippen LogP contribution < -0.4 is 4.90 Å². The number of methoxy groups -OCH3 is 1. The number of ether oxygens (including phenoxy) is 1. The smallest absolute Gasteiger partial charge is 0.229 e. The van der Waals surface area contributed by atoms with Crippen molar-refractivity contribution in [3.8, 4) is 11.1 Å². The van der Waals surface area contributed by atoms with Crippen LogP contribution in [-0.4, -0.2) is 40.3 Å². The number of thiophene rings is 1. The zero-order chi connectivity index (χ0) is 20.5. The van der Waals surface area contributed by atoms with Gasteiger partial charge in [-0.05, 0) is 25.3 Å². The number of aromatic nitrogens is 4. The number of piperidine rings is 1. The van der Waals surface area contributed by atoms with Crippen molar-refractivity contribution in [1.29, 1.82) is 0 Å². The second-order valence-corrected chi connectivity index (χ2v) is 8.39. The lowest BCUT2D eigenvalue weighted by Crippen LogP contribution is -2.34.